The monoisotopic (exact) mass is 453 g/mol. The normalized spacial score (nSPS) is 14.3. The average molecular weight is 453 g/mol. The molecule has 10 nitrogen and oxygen atoms in total. The van der Waals surface area contributed by atoms with E-state index in [1.807, 2.05) is 0 Å². The Balaban J connectivity index is 1.72. The van der Waals surface area contributed by atoms with E-state index in [1.165, 1.54) is 24.3 Å². The van der Waals surface area contributed by atoms with E-state index in [-0.39, 0.29) is 27.9 Å². The van der Waals surface area contributed by atoms with Crippen LogP contribution in [0.3, 0.4) is 0 Å². The van der Waals surface area contributed by atoms with E-state index in [1.54, 1.807) is 0 Å². The van der Waals surface area contributed by atoms with E-state index < -0.39 is 36.4 Å². The van der Waals surface area contributed by atoms with Crippen LogP contribution >= 0.6 is 0 Å². The Morgan fingerprint density at radius 1 is 1.07 bits per heavy atom. The standard InChI is InChI=1S/C18H19N3O7S2/c1-29(25,26)17-9-13(8-15(10-17)21(23)24)18(22)19-11-12-2-6-16(7-3-12)30(27,28)20-14-4-5-14/h2-3,6-10,14,20H,4-5,11H2,1H3,(H,19,22). The van der Waals surface area contributed by atoms with Gasteiger partial charge in [-0.15, -0.1) is 0 Å². The zero-order valence-corrected chi connectivity index (χ0v) is 17.5. The molecule has 2 aromatic carbocycles. The topological polar surface area (TPSA) is 153 Å². The number of nitrogens with zero attached hydrogens (tertiary/aromatic N) is 1. The Bertz CT molecular complexity index is 1200. The Morgan fingerprint density at radius 3 is 2.23 bits per heavy atom. The molecule has 0 saturated heterocycles. The number of carbonyl (C=O) groups is 1. The van der Waals surface area contributed by atoms with E-state index in [4.69, 9.17) is 0 Å². The maximum absolute atomic E-state index is 12.4. The third-order valence-corrected chi connectivity index (χ3v) is 7.01. The highest BCUT2D eigenvalue weighted by molar-refractivity contribution is 7.90. The lowest BCUT2D eigenvalue weighted by Gasteiger charge is -2.09. The third-order valence-electron chi connectivity index (χ3n) is 4.38. The largest absolute Gasteiger partial charge is 0.348 e. The molecule has 12 heteroatoms. The number of hydrogen-bond acceptors (Lipinski definition) is 7. The van der Waals surface area contributed by atoms with E-state index in [9.17, 15) is 31.7 Å². The summed E-state index contributed by atoms with van der Waals surface area (Å²) in [6, 6.07) is 8.85. The van der Waals surface area contributed by atoms with Gasteiger partial charge in [-0.3, -0.25) is 14.9 Å². The van der Waals surface area contributed by atoms with Crippen molar-refractivity contribution in [1.29, 1.82) is 0 Å². The number of sulfone groups is 1. The van der Waals surface area contributed by atoms with Gasteiger partial charge in [0, 0.05) is 36.5 Å². The SMILES string of the molecule is CS(=O)(=O)c1cc(C(=O)NCc2ccc(S(=O)(=O)NC3CC3)cc2)cc([N+](=O)[O-])c1. The molecular formula is C18H19N3O7S2. The molecule has 2 aromatic rings. The molecule has 0 aromatic heterocycles. The van der Waals surface area contributed by atoms with Gasteiger partial charge in [-0.2, -0.15) is 0 Å². The number of nitrogens with one attached hydrogen (secondary N) is 2. The predicted octanol–water partition coefficient (Wildman–Crippen LogP) is 1.37. The molecule has 0 aliphatic heterocycles. The number of nitro groups is 1. The molecular weight excluding hydrogens is 434 g/mol. The first-order valence-corrected chi connectivity index (χ1v) is 12.2. The molecule has 0 atom stereocenters. The first-order valence-electron chi connectivity index (χ1n) is 8.85. The van der Waals surface area contributed by atoms with Crippen LogP contribution < -0.4 is 10.0 Å². The number of nitro benzene ring substituents is 1. The predicted molar refractivity (Wildman–Crippen MR) is 107 cm³/mol. The van der Waals surface area contributed by atoms with Crippen LogP contribution in [0.4, 0.5) is 5.69 Å². The number of benzene rings is 2. The molecule has 0 radical (unpaired) electrons. The number of hydrogen-bond donors (Lipinski definition) is 2. The van der Waals surface area contributed by atoms with Crippen molar-refractivity contribution in [3.05, 3.63) is 63.7 Å². The number of rotatable bonds is 8. The summed E-state index contributed by atoms with van der Waals surface area (Å²) in [5.41, 5.74) is -0.0826. The van der Waals surface area contributed by atoms with E-state index >= 15 is 0 Å². The maximum atomic E-state index is 12.4. The summed E-state index contributed by atoms with van der Waals surface area (Å²) in [4.78, 5) is 22.4. The minimum absolute atomic E-state index is 0.0132. The fourth-order valence-electron chi connectivity index (χ4n) is 2.59. The molecule has 0 bridgehead atoms. The molecule has 1 aliphatic rings. The van der Waals surface area contributed by atoms with Crippen molar-refractivity contribution in [2.75, 3.05) is 6.26 Å². The summed E-state index contributed by atoms with van der Waals surface area (Å²) in [7, 11) is -7.33. The molecule has 1 fully saturated rings. The third kappa shape index (κ3) is 5.40. The van der Waals surface area contributed by atoms with Crippen molar-refractivity contribution in [2.45, 2.75) is 35.2 Å². The van der Waals surface area contributed by atoms with Crippen molar-refractivity contribution in [3.63, 3.8) is 0 Å². The van der Waals surface area contributed by atoms with Gasteiger partial charge in [-0.25, -0.2) is 21.6 Å². The fraction of sp³-hybridized carbons (Fsp3) is 0.278. The lowest BCUT2D eigenvalue weighted by molar-refractivity contribution is -0.385. The Morgan fingerprint density at radius 2 is 1.70 bits per heavy atom. The highest BCUT2D eigenvalue weighted by Gasteiger charge is 2.27. The molecule has 2 N–H and O–H groups in total. The van der Waals surface area contributed by atoms with Crippen LogP contribution in [0.5, 0.6) is 0 Å². The molecule has 1 saturated carbocycles. The lowest BCUT2D eigenvalue weighted by atomic mass is 10.1. The van der Waals surface area contributed by atoms with E-state index in [0.29, 0.717) is 5.56 Å². The van der Waals surface area contributed by atoms with Gasteiger partial charge in [0.25, 0.3) is 11.6 Å². The number of carbonyl (C=O) groups excluding carboxylic acids is 1. The Kier molecular flexibility index (Phi) is 5.92. The second-order valence-electron chi connectivity index (χ2n) is 6.97. The van der Waals surface area contributed by atoms with Crippen molar-refractivity contribution in [2.24, 2.45) is 0 Å². The van der Waals surface area contributed by atoms with Crippen molar-refractivity contribution in [1.82, 2.24) is 10.0 Å². The van der Waals surface area contributed by atoms with Gasteiger partial charge in [0.05, 0.1) is 14.7 Å². The summed E-state index contributed by atoms with van der Waals surface area (Å²) >= 11 is 0. The number of amides is 1. The molecule has 1 amide bonds. The minimum Gasteiger partial charge on any atom is -0.348 e. The molecule has 1 aliphatic carbocycles. The zero-order valence-electron chi connectivity index (χ0n) is 15.9. The summed E-state index contributed by atoms with van der Waals surface area (Å²) < 4.78 is 50.4. The molecule has 0 heterocycles. The summed E-state index contributed by atoms with van der Waals surface area (Å²) in [6.07, 6.45) is 2.53. The highest BCUT2D eigenvalue weighted by Crippen LogP contribution is 2.23. The molecule has 0 unspecified atom stereocenters. The lowest BCUT2D eigenvalue weighted by Crippen LogP contribution is -2.26. The van der Waals surface area contributed by atoms with Gasteiger partial charge in [0.1, 0.15) is 0 Å². The van der Waals surface area contributed by atoms with Crippen LogP contribution in [-0.4, -0.2) is 40.0 Å². The zero-order chi connectivity index (χ0) is 22.1. The quantitative estimate of drug-likeness (QED) is 0.452. The van der Waals surface area contributed by atoms with Gasteiger partial charge in [-0.1, -0.05) is 12.1 Å². The van der Waals surface area contributed by atoms with Crippen molar-refractivity contribution >= 4 is 31.5 Å². The first-order chi connectivity index (χ1) is 14.0. The van der Waals surface area contributed by atoms with Gasteiger partial charge in [0.15, 0.2) is 9.84 Å². The Labute approximate surface area is 173 Å². The van der Waals surface area contributed by atoms with Gasteiger partial charge < -0.3 is 5.32 Å². The molecule has 30 heavy (non-hydrogen) atoms. The van der Waals surface area contributed by atoms with Crippen LogP contribution in [0, 0.1) is 10.1 Å². The Hall–Kier alpha value is -2.83. The van der Waals surface area contributed by atoms with Crippen LogP contribution in [-0.2, 0) is 26.4 Å². The van der Waals surface area contributed by atoms with Gasteiger partial charge >= 0.3 is 0 Å². The maximum Gasteiger partial charge on any atom is 0.271 e. The fourth-order valence-corrected chi connectivity index (χ4v) is 4.57. The molecule has 3 rings (SSSR count). The summed E-state index contributed by atoms with van der Waals surface area (Å²) in [6.45, 7) is 0.0200. The second kappa shape index (κ2) is 8.13. The van der Waals surface area contributed by atoms with Gasteiger partial charge in [-0.05, 0) is 36.6 Å². The van der Waals surface area contributed by atoms with Crippen molar-refractivity contribution in [3.8, 4) is 0 Å². The van der Waals surface area contributed by atoms with Crippen LogP contribution in [0.25, 0.3) is 0 Å². The summed E-state index contributed by atoms with van der Waals surface area (Å²) in [5, 5.41) is 13.6. The summed E-state index contributed by atoms with van der Waals surface area (Å²) in [5.74, 6) is -0.698. The smallest absolute Gasteiger partial charge is 0.271 e. The second-order valence-corrected chi connectivity index (χ2v) is 10.7. The number of sulfonamides is 1. The average Bonchev–Trinajstić information content (AvgIpc) is 3.48. The van der Waals surface area contributed by atoms with Gasteiger partial charge in [0.2, 0.25) is 10.0 Å². The molecule has 160 valence electrons. The van der Waals surface area contributed by atoms with Crippen LogP contribution in [0.1, 0.15) is 28.8 Å². The molecule has 0 spiro atoms. The minimum atomic E-state index is -3.75. The highest BCUT2D eigenvalue weighted by atomic mass is 32.2. The first kappa shape index (κ1) is 21.9. The van der Waals surface area contributed by atoms with E-state index in [0.717, 1.165) is 37.3 Å². The van der Waals surface area contributed by atoms with Crippen molar-refractivity contribution < 1.29 is 26.6 Å². The van der Waals surface area contributed by atoms with E-state index in [2.05, 4.69) is 10.0 Å². The van der Waals surface area contributed by atoms with Crippen LogP contribution in [0.2, 0.25) is 0 Å². The number of non-ortho nitro benzene ring substituents is 1. The van der Waals surface area contributed by atoms with Crippen LogP contribution in [0.15, 0.2) is 52.3 Å².